The third-order valence-corrected chi connectivity index (χ3v) is 3.74. The minimum absolute atomic E-state index is 0.136. The van der Waals surface area contributed by atoms with Crippen LogP contribution in [0.25, 0.3) is 0 Å². The molecule has 1 saturated heterocycles. The third-order valence-electron chi connectivity index (χ3n) is 3.74. The van der Waals surface area contributed by atoms with Crippen molar-refractivity contribution in [2.45, 2.75) is 38.8 Å². The van der Waals surface area contributed by atoms with E-state index in [-0.39, 0.29) is 6.61 Å². The van der Waals surface area contributed by atoms with Gasteiger partial charge in [-0.1, -0.05) is 31.2 Å². The quantitative estimate of drug-likeness (QED) is 0.800. The third kappa shape index (κ3) is 2.28. The minimum Gasteiger partial charge on any atom is -0.392 e. The lowest BCUT2D eigenvalue weighted by Crippen LogP contribution is -2.41. The molecule has 0 bridgehead atoms. The molecule has 2 rings (SSSR count). The first-order valence-corrected chi connectivity index (χ1v) is 6.15. The highest BCUT2D eigenvalue weighted by Gasteiger charge is 2.28. The predicted octanol–water partition coefficient (Wildman–Crippen LogP) is 2.28. The molecule has 0 aromatic heterocycles. The SMILES string of the molecule is CC1CCNC(C)C1c1cccc(CO)c1. The summed E-state index contributed by atoms with van der Waals surface area (Å²) in [5, 5.41) is 12.7. The molecule has 88 valence electrons. The maximum absolute atomic E-state index is 9.18. The second kappa shape index (κ2) is 4.98. The molecule has 0 radical (unpaired) electrons. The molecule has 1 aliphatic heterocycles. The Morgan fingerprint density at radius 1 is 1.38 bits per heavy atom. The Balaban J connectivity index is 2.26. The van der Waals surface area contributed by atoms with Crippen molar-refractivity contribution < 1.29 is 5.11 Å². The van der Waals surface area contributed by atoms with Gasteiger partial charge < -0.3 is 10.4 Å². The Bertz CT molecular complexity index is 340. The van der Waals surface area contributed by atoms with Gasteiger partial charge >= 0.3 is 0 Å². The predicted molar refractivity (Wildman–Crippen MR) is 66.4 cm³/mol. The smallest absolute Gasteiger partial charge is 0.0681 e. The van der Waals surface area contributed by atoms with Crippen molar-refractivity contribution in [3.63, 3.8) is 0 Å². The van der Waals surface area contributed by atoms with Crippen LogP contribution in [0.5, 0.6) is 0 Å². The van der Waals surface area contributed by atoms with E-state index in [2.05, 4.69) is 37.4 Å². The monoisotopic (exact) mass is 219 g/mol. The van der Waals surface area contributed by atoms with E-state index in [9.17, 15) is 5.11 Å². The van der Waals surface area contributed by atoms with Gasteiger partial charge in [0.2, 0.25) is 0 Å². The molecule has 0 spiro atoms. The van der Waals surface area contributed by atoms with E-state index >= 15 is 0 Å². The van der Waals surface area contributed by atoms with Gasteiger partial charge in [0.15, 0.2) is 0 Å². The first kappa shape index (κ1) is 11.6. The maximum atomic E-state index is 9.18. The summed E-state index contributed by atoms with van der Waals surface area (Å²) >= 11 is 0. The molecular formula is C14H21NO. The Hall–Kier alpha value is -0.860. The van der Waals surface area contributed by atoms with E-state index in [1.807, 2.05) is 6.07 Å². The van der Waals surface area contributed by atoms with Gasteiger partial charge in [-0.3, -0.25) is 0 Å². The van der Waals surface area contributed by atoms with Crippen molar-refractivity contribution in [2.24, 2.45) is 5.92 Å². The molecule has 2 nitrogen and oxygen atoms in total. The number of benzene rings is 1. The van der Waals surface area contributed by atoms with E-state index in [1.165, 1.54) is 12.0 Å². The molecular weight excluding hydrogens is 198 g/mol. The normalized spacial score (nSPS) is 30.3. The average Bonchev–Trinajstić information content (AvgIpc) is 2.29. The summed E-state index contributed by atoms with van der Waals surface area (Å²) in [6.07, 6.45) is 1.23. The fraction of sp³-hybridized carbons (Fsp3) is 0.571. The summed E-state index contributed by atoms with van der Waals surface area (Å²) < 4.78 is 0. The van der Waals surface area contributed by atoms with E-state index in [0.717, 1.165) is 12.1 Å². The van der Waals surface area contributed by atoms with Gasteiger partial charge in [-0.2, -0.15) is 0 Å². The lowest BCUT2D eigenvalue weighted by atomic mass is 9.78. The van der Waals surface area contributed by atoms with Crippen molar-refractivity contribution in [1.29, 1.82) is 0 Å². The number of piperidine rings is 1. The molecule has 16 heavy (non-hydrogen) atoms. The average molecular weight is 219 g/mol. The fourth-order valence-corrected chi connectivity index (χ4v) is 2.85. The zero-order valence-corrected chi connectivity index (χ0v) is 10.1. The van der Waals surface area contributed by atoms with Crippen LogP contribution in [0.2, 0.25) is 0 Å². The highest BCUT2D eigenvalue weighted by Crippen LogP contribution is 2.33. The van der Waals surface area contributed by atoms with Gasteiger partial charge in [0.25, 0.3) is 0 Å². The maximum Gasteiger partial charge on any atom is 0.0681 e. The largest absolute Gasteiger partial charge is 0.392 e. The lowest BCUT2D eigenvalue weighted by molar-refractivity contribution is 0.276. The Labute approximate surface area is 97.7 Å². The summed E-state index contributed by atoms with van der Waals surface area (Å²) in [4.78, 5) is 0. The van der Waals surface area contributed by atoms with Crippen LogP contribution in [0.4, 0.5) is 0 Å². The molecule has 3 unspecified atom stereocenters. The number of hydrogen-bond acceptors (Lipinski definition) is 2. The zero-order valence-electron chi connectivity index (χ0n) is 10.1. The molecule has 1 fully saturated rings. The van der Waals surface area contributed by atoms with Crippen molar-refractivity contribution in [1.82, 2.24) is 5.32 Å². The first-order chi connectivity index (χ1) is 7.72. The summed E-state index contributed by atoms with van der Waals surface area (Å²) in [6, 6.07) is 8.89. The van der Waals surface area contributed by atoms with Crippen LogP contribution in [-0.4, -0.2) is 17.7 Å². The lowest BCUT2D eigenvalue weighted by Gasteiger charge is -2.36. The highest BCUT2D eigenvalue weighted by molar-refractivity contribution is 5.28. The summed E-state index contributed by atoms with van der Waals surface area (Å²) in [6.45, 7) is 5.84. The van der Waals surface area contributed by atoms with Crippen LogP contribution in [0.1, 0.15) is 37.3 Å². The summed E-state index contributed by atoms with van der Waals surface area (Å²) in [5.41, 5.74) is 2.38. The Morgan fingerprint density at radius 3 is 2.88 bits per heavy atom. The van der Waals surface area contributed by atoms with Gasteiger partial charge in [0.05, 0.1) is 6.61 Å². The fourth-order valence-electron chi connectivity index (χ4n) is 2.85. The van der Waals surface area contributed by atoms with E-state index in [4.69, 9.17) is 0 Å². The molecule has 2 heteroatoms. The van der Waals surface area contributed by atoms with Gasteiger partial charge in [-0.05, 0) is 36.9 Å². The van der Waals surface area contributed by atoms with E-state index in [0.29, 0.717) is 17.9 Å². The van der Waals surface area contributed by atoms with E-state index in [1.54, 1.807) is 0 Å². The molecule has 1 aromatic carbocycles. The molecule has 1 aromatic rings. The number of aliphatic hydroxyl groups is 1. The Kier molecular flexibility index (Phi) is 3.62. The highest BCUT2D eigenvalue weighted by atomic mass is 16.3. The van der Waals surface area contributed by atoms with Crippen molar-refractivity contribution >= 4 is 0 Å². The second-order valence-corrected chi connectivity index (χ2v) is 4.94. The Morgan fingerprint density at radius 2 is 2.19 bits per heavy atom. The van der Waals surface area contributed by atoms with E-state index < -0.39 is 0 Å². The van der Waals surface area contributed by atoms with Crippen molar-refractivity contribution in [2.75, 3.05) is 6.54 Å². The molecule has 0 amide bonds. The summed E-state index contributed by atoms with van der Waals surface area (Å²) in [7, 11) is 0. The number of nitrogens with one attached hydrogen (secondary N) is 1. The molecule has 1 aliphatic rings. The van der Waals surface area contributed by atoms with Crippen LogP contribution in [0.3, 0.4) is 0 Å². The second-order valence-electron chi connectivity index (χ2n) is 4.94. The number of aliphatic hydroxyl groups excluding tert-OH is 1. The van der Waals surface area contributed by atoms with Gasteiger partial charge in [-0.15, -0.1) is 0 Å². The standard InChI is InChI=1S/C14H21NO/c1-10-6-7-15-11(2)14(10)13-5-3-4-12(8-13)9-16/h3-5,8,10-11,14-16H,6-7,9H2,1-2H3. The van der Waals surface area contributed by atoms with Crippen molar-refractivity contribution in [3.8, 4) is 0 Å². The zero-order chi connectivity index (χ0) is 11.5. The number of hydrogen-bond donors (Lipinski definition) is 2. The molecule has 3 atom stereocenters. The topological polar surface area (TPSA) is 32.3 Å². The van der Waals surface area contributed by atoms with Crippen LogP contribution >= 0.6 is 0 Å². The first-order valence-electron chi connectivity index (χ1n) is 6.15. The molecule has 0 saturated carbocycles. The summed E-state index contributed by atoms with van der Waals surface area (Å²) in [5.74, 6) is 1.28. The molecule has 0 aliphatic carbocycles. The van der Waals surface area contributed by atoms with Gasteiger partial charge in [0.1, 0.15) is 0 Å². The van der Waals surface area contributed by atoms with Crippen molar-refractivity contribution in [3.05, 3.63) is 35.4 Å². The van der Waals surface area contributed by atoms with Gasteiger partial charge in [0, 0.05) is 12.0 Å². The van der Waals surface area contributed by atoms with Crippen LogP contribution < -0.4 is 5.32 Å². The van der Waals surface area contributed by atoms with Crippen LogP contribution in [0, 0.1) is 5.92 Å². The van der Waals surface area contributed by atoms with Crippen LogP contribution in [-0.2, 0) is 6.61 Å². The molecule has 1 heterocycles. The van der Waals surface area contributed by atoms with Crippen LogP contribution in [0.15, 0.2) is 24.3 Å². The minimum atomic E-state index is 0.136. The van der Waals surface area contributed by atoms with Gasteiger partial charge in [-0.25, -0.2) is 0 Å². The molecule has 2 N–H and O–H groups in total. The number of rotatable bonds is 2.